The van der Waals surface area contributed by atoms with Gasteiger partial charge in [0.1, 0.15) is 11.9 Å². The normalized spacial score (nSPS) is 28.5. The Labute approximate surface area is 139 Å². The molecule has 2 unspecified atom stereocenters. The summed E-state index contributed by atoms with van der Waals surface area (Å²) in [5.41, 5.74) is 0.436. The predicted octanol–water partition coefficient (Wildman–Crippen LogP) is 1.59. The van der Waals surface area contributed by atoms with Crippen LogP contribution >= 0.6 is 12.4 Å². The average Bonchev–Trinajstić information content (AvgIpc) is 3.08. The number of piperidine rings is 1. The van der Waals surface area contributed by atoms with E-state index in [-0.39, 0.29) is 12.4 Å². The van der Waals surface area contributed by atoms with Gasteiger partial charge >= 0.3 is 0 Å². The number of aryl methyl sites for hydroxylation is 1. The van der Waals surface area contributed by atoms with E-state index in [2.05, 4.69) is 22.1 Å². The lowest BCUT2D eigenvalue weighted by atomic mass is 9.86. The Bertz CT molecular complexity index is 464. The number of hydrogen-bond donors (Lipinski definition) is 2. The van der Waals surface area contributed by atoms with Gasteiger partial charge in [-0.05, 0) is 50.2 Å². The van der Waals surface area contributed by atoms with Crippen molar-refractivity contribution in [1.82, 2.24) is 19.8 Å². The minimum atomic E-state index is -0.420. The molecule has 0 aromatic carbocycles. The first kappa shape index (κ1) is 17.7. The Kier molecular flexibility index (Phi) is 5.88. The molecule has 1 aromatic rings. The van der Waals surface area contributed by atoms with Crippen molar-refractivity contribution in [3.05, 3.63) is 18.2 Å². The zero-order valence-corrected chi connectivity index (χ0v) is 14.5. The summed E-state index contributed by atoms with van der Waals surface area (Å²) in [5.74, 6) is 1.15. The number of aromatic nitrogens is 2. The van der Waals surface area contributed by atoms with E-state index in [1.165, 1.54) is 13.0 Å². The Balaban J connectivity index is 0.00000176. The molecule has 126 valence electrons. The molecule has 1 aromatic heterocycles. The zero-order chi connectivity index (χ0) is 14.9. The fraction of sp³-hybridized carbons (Fsp3) is 0.812. The van der Waals surface area contributed by atoms with Crippen LogP contribution in [0.15, 0.2) is 12.4 Å². The number of hydrogen-bond acceptors (Lipinski definition) is 4. The molecule has 2 aliphatic heterocycles. The van der Waals surface area contributed by atoms with E-state index in [9.17, 15) is 5.11 Å². The minimum absolute atomic E-state index is 0. The van der Waals surface area contributed by atoms with Gasteiger partial charge in [-0.1, -0.05) is 6.92 Å². The molecular weight excluding hydrogens is 300 g/mol. The molecule has 22 heavy (non-hydrogen) atoms. The van der Waals surface area contributed by atoms with Gasteiger partial charge in [-0.2, -0.15) is 0 Å². The number of imidazole rings is 1. The maximum absolute atomic E-state index is 10.5. The first-order chi connectivity index (χ1) is 10.1. The van der Waals surface area contributed by atoms with Gasteiger partial charge in [0.25, 0.3) is 0 Å². The number of aliphatic hydroxyl groups excluding tert-OH is 1. The molecule has 2 fully saturated rings. The summed E-state index contributed by atoms with van der Waals surface area (Å²) in [5, 5.41) is 14.0. The van der Waals surface area contributed by atoms with Gasteiger partial charge in [-0.25, -0.2) is 4.98 Å². The second-order valence-electron chi connectivity index (χ2n) is 7.19. The molecule has 0 amide bonds. The maximum Gasteiger partial charge on any atom is 0.137 e. The van der Waals surface area contributed by atoms with E-state index in [1.54, 1.807) is 6.20 Å². The first-order valence-corrected chi connectivity index (χ1v) is 8.16. The summed E-state index contributed by atoms with van der Waals surface area (Å²) in [4.78, 5) is 6.87. The van der Waals surface area contributed by atoms with E-state index in [0.29, 0.717) is 11.3 Å². The summed E-state index contributed by atoms with van der Waals surface area (Å²) in [6, 6.07) is 0. The lowest BCUT2D eigenvalue weighted by Gasteiger charge is -2.38. The second-order valence-corrected chi connectivity index (χ2v) is 7.19. The van der Waals surface area contributed by atoms with Gasteiger partial charge < -0.3 is 19.9 Å². The number of aliphatic hydroxyl groups is 1. The monoisotopic (exact) mass is 328 g/mol. The largest absolute Gasteiger partial charge is 0.385 e. The van der Waals surface area contributed by atoms with E-state index >= 15 is 0 Å². The molecule has 3 rings (SSSR count). The third kappa shape index (κ3) is 3.82. The third-order valence-corrected chi connectivity index (χ3v) is 5.26. The van der Waals surface area contributed by atoms with Gasteiger partial charge in [0, 0.05) is 32.5 Å². The van der Waals surface area contributed by atoms with Crippen LogP contribution < -0.4 is 5.32 Å². The number of rotatable bonds is 4. The Morgan fingerprint density at radius 2 is 2.18 bits per heavy atom. The van der Waals surface area contributed by atoms with Crippen LogP contribution in [0, 0.1) is 11.3 Å². The lowest BCUT2D eigenvalue weighted by molar-refractivity contribution is 0.0409. The summed E-state index contributed by atoms with van der Waals surface area (Å²) in [6.45, 7) is 8.07. The lowest BCUT2D eigenvalue weighted by Crippen LogP contribution is -2.42. The molecular formula is C16H29ClN4O. The molecule has 5 nitrogen and oxygen atoms in total. The highest BCUT2D eigenvalue weighted by Crippen LogP contribution is 2.32. The van der Waals surface area contributed by atoms with Crippen molar-refractivity contribution >= 4 is 12.4 Å². The van der Waals surface area contributed by atoms with Gasteiger partial charge in [-0.3, -0.25) is 0 Å². The fourth-order valence-electron chi connectivity index (χ4n) is 3.84. The van der Waals surface area contributed by atoms with Crippen LogP contribution in [0.1, 0.15) is 38.1 Å². The number of nitrogens with one attached hydrogen (secondary N) is 1. The van der Waals surface area contributed by atoms with Crippen molar-refractivity contribution in [2.45, 2.75) is 32.3 Å². The highest BCUT2D eigenvalue weighted by Gasteiger charge is 2.34. The number of likely N-dealkylation sites (tertiary alicyclic amines) is 1. The minimum Gasteiger partial charge on any atom is -0.385 e. The molecule has 2 atom stereocenters. The predicted molar refractivity (Wildman–Crippen MR) is 90.2 cm³/mol. The van der Waals surface area contributed by atoms with Crippen LogP contribution in [0.2, 0.25) is 0 Å². The maximum atomic E-state index is 10.5. The Morgan fingerprint density at radius 1 is 1.45 bits per heavy atom. The van der Waals surface area contributed by atoms with Gasteiger partial charge in [-0.15, -0.1) is 12.4 Å². The first-order valence-electron chi connectivity index (χ1n) is 8.16. The van der Waals surface area contributed by atoms with Crippen molar-refractivity contribution < 1.29 is 5.11 Å². The van der Waals surface area contributed by atoms with Crippen LogP contribution in [0.3, 0.4) is 0 Å². The number of nitrogens with zero attached hydrogens (tertiary/aromatic N) is 3. The average molecular weight is 329 g/mol. The van der Waals surface area contributed by atoms with Crippen molar-refractivity contribution in [2.24, 2.45) is 18.4 Å². The SMILES string of the molecule is Cl.Cn1ccnc1C(O)C1CCN(CC2(C)CCNC2)CC1. The van der Waals surface area contributed by atoms with Crippen LogP contribution in [0.5, 0.6) is 0 Å². The summed E-state index contributed by atoms with van der Waals surface area (Å²) in [6.07, 6.45) is 6.66. The van der Waals surface area contributed by atoms with E-state index in [0.717, 1.165) is 44.8 Å². The van der Waals surface area contributed by atoms with Gasteiger partial charge in [0.05, 0.1) is 0 Å². The van der Waals surface area contributed by atoms with Gasteiger partial charge in [0.15, 0.2) is 0 Å². The molecule has 3 heterocycles. The van der Waals surface area contributed by atoms with Crippen LogP contribution in [-0.4, -0.2) is 52.3 Å². The summed E-state index contributed by atoms with van der Waals surface area (Å²) in [7, 11) is 1.95. The Morgan fingerprint density at radius 3 is 2.73 bits per heavy atom. The molecule has 6 heteroatoms. The van der Waals surface area contributed by atoms with Gasteiger partial charge in [0.2, 0.25) is 0 Å². The molecule has 0 spiro atoms. The number of halogens is 1. The van der Waals surface area contributed by atoms with E-state index in [4.69, 9.17) is 0 Å². The van der Waals surface area contributed by atoms with E-state index < -0.39 is 6.10 Å². The van der Waals surface area contributed by atoms with E-state index in [1.807, 2.05) is 17.8 Å². The summed E-state index contributed by atoms with van der Waals surface area (Å²) >= 11 is 0. The topological polar surface area (TPSA) is 53.3 Å². The molecule has 0 radical (unpaired) electrons. The summed E-state index contributed by atoms with van der Waals surface area (Å²) < 4.78 is 1.93. The fourth-order valence-corrected chi connectivity index (χ4v) is 3.84. The molecule has 2 N–H and O–H groups in total. The molecule has 0 aliphatic carbocycles. The van der Waals surface area contributed by atoms with Crippen LogP contribution in [0.4, 0.5) is 0 Å². The highest BCUT2D eigenvalue weighted by atomic mass is 35.5. The standard InChI is InChI=1S/C16H28N4O.ClH/c1-16(5-6-17-11-16)12-20-8-3-13(4-9-20)14(21)15-18-7-10-19(15)2;/h7,10,13-14,17,21H,3-6,8-9,11-12H2,1-2H3;1H. The molecule has 0 saturated carbocycles. The second kappa shape index (κ2) is 7.30. The zero-order valence-electron chi connectivity index (χ0n) is 13.7. The van der Waals surface area contributed by atoms with Crippen LogP contribution in [0.25, 0.3) is 0 Å². The smallest absolute Gasteiger partial charge is 0.137 e. The van der Waals surface area contributed by atoms with Crippen molar-refractivity contribution in [3.8, 4) is 0 Å². The molecule has 0 bridgehead atoms. The quantitative estimate of drug-likeness (QED) is 0.881. The third-order valence-electron chi connectivity index (χ3n) is 5.26. The van der Waals surface area contributed by atoms with Crippen LogP contribution in [-0.2, 0) is 7.05 Å². The highest BCUT2D eigenvalue weighted by molar-refractivity contribution is 5.85. The van der Waals surface area contributed by atoms with Crippen molar-refractivity contribution in [3.63, 3.8) is 0 Å². The van der Waals surface area contributed by atoms with Crippen molar-refractivity contribution in [2.75, 3.05) is 32.7 Å². The molecule has 2 saturated heterocycles. The van der Waals surface area contributed by atoms with Crippen molar-refractivity contribution in [1.29, 1.82) is 0 Å². The Hall–Kier alpha value is -0.620. The molecule has 2 aliphatic rings.